The zero-order valence-corrected chi connectivity index (χ0v) is 16.1. The van der Waals surface area contributed by atoms with E-state index in [0.717, 1.165) is 56.2 Å². The quantitative estimate of drug-likeness (QED) is 0.764. The van der Waals surface area contributed by atoms with Gasteiger partial charge in [-0.2, -0.15) is 10.2 Å². The van der Waals surface area contributed by atoms with Gasteiger partial charge in [0.1, 0.15) is 0 Å². The average Bonchev–Trinajstić information content (AvgIpc) is 3.14. The second-order valence-corrected chi connectivity index (χ2v) is 6.85. The summed E-state index contributed by atoms with van der Waals surface area (Å²) in [6.45, 7) is 11.2. The van der Waals surface area contributed by atoms with E-state index in [1.54, 1.807) is 6.08 Å². The van der Waals surface area contributed by atoms with Crippen molar-refractivity contribution in [1.82, 2.24) is 29.4 Å². The van der Waals surface area contributed by atoms with Crippen LogP contribution in [0.2, 0.25) is 0 Å². The Morgan fingerprint density at radius 3 is 2.54 bits per heavy atom. The molecular formula is C19H28N6O. The molecule has 26 heavy (non-hydrogen) atoms. The molecule has 1 saturated heterocycles. The van der Waals surface area contributed by atoms with Crippen LogP contribution in [0.25, 0.3) is 6.08 Å². The minimum Gasteiger partial charge on any atom is -0.337 e. The highest BCUT2D eigenvalue weighted by Crippen LogP contribution is 2.13. The lowest BCUT2D eigenvalue weighted by Crippen LogP contribution is -2.47. The van der Waals surface area contributed by atoms with Crippen molar-refractivity contribution in [1.29, 1.82) is 0 Å². The van der Waals surface area contributed by atoms with Crippen LogP contribution in [-0.4, -0.2) is 61.4 Å². The Balaban J connectivity index is 1.52. The molecule has 0 aromatic carbocycles. The number of carbonyl (C=O) groups is 1. The number of aryl methyl sites for hydroxylation is 3. The molecule has 1 amide bonds. The molecule has 0 atom stereocenters. The van der Waals surface area contributed by atoms with E-state index in [-0.39, 0.29) is 5.91 Å². The topological polar surface area (TPSA) is 59.2 Å². The van der Waals surface area contributed by atoms with Crippen LogP contribution >= 0.6 is 0 Å². The predicted octanol–water partition coefficient (Wildman–Crippen LogP) is 1.61. The van der Waals surface area contributed by atoms with Crippen molar-refractivity contribution in [3.8, 4) is 0 Å². The van der Waals surface area contributed by atoms with Crippen molar-refractivity contribution in [3.05, 3.63) is 41.0 Å². The number of piperazine rings is 1. The van der Waals surface area contributed by atoms with E-state index in [1.165, 1.54) is 5.56 Å². The summed E-state index contributed by atoms with van der Waals surface area (Å²) in [7, 11) is 1.95. The lowest BCUT2D eigenvalue weighted by atomic mass is 10.2. The van der Waals surface area contributed by atoms with Crippen molar-refractivity contribution < 1.29 is 4.79 Å². The molecule has 0 aliphatic carbocycles. The molecule has 0 radical (unpaired) electrons. The molecule has 3 heterocycles. The molecule has 3 rings (SSSR count). The van der Waals surface area contributed by atoms with Gasteiger partial charge in [0, 0.05) is 75.4 Å². The first-order valence-electron chi connectivity index (χ1n) is 9.18. The molecule has 1 fully saturated rings. The second-order valence-electron chi connectivity index (χ2n) is 6.85. The fourth-order valence-corrected chi connectivity index (χ4v) is 3.38. The fourth-order valence-electron chi connectivity index (χ4n) is 3.38. The van der Waals surface area contributed by atoms with Gasteiger partial charge in [-0.05, 0) is 26.8 Å². The number of carbonyl (C=O) groups excluding carboxylic acids is 1. The SMILES string of the molecule is CCn1ncc(/C=C/C(=O)N2CCN(Cc3cn(C)nc3C)CC2)c1C. The minimum absolute atomic E-state index is 0.0749. The summed E-state index contributed by atoms with van der Waals surface area (Å²) in [5.74, 6) is 0.0749. The number of nitrogens with zero attached hydrogens (tertiary/aromatic N) is 6. The third-order valence-corrected chi connectivity index (χ3v) is 5.04. The van der Waals surface area contributed by atoms with E-state index in [4.69, 9.17) is 0 Å². The van der Waals surface area contributed by atoms with E-state index < -0.39 is 0 Å². The molecule has 7 heteroatoms. The maximum atomic E-state index is 12.5. The Morgan fingerprint density at radius 2 is 1.96 bits per heavy atom. The summed E-state index contributed by atoms with van der Waals surface area (Å²) >= 11 is 0. The van der Waals surface area contributed by atoms with E-state index in [9.17, 15) is 4.79 Å². The number of amides is 1. The Bertz CT molecular complexity index is 795. The first-order chi connectivity index (χ1) is 12.5. The summed E-state index contributed by atoms with van der Waals surface area (Å²) < 4.78 is 3.79. The number of aromatic nitrogens is 4. The van der Waals surface area contributed by atoms with Crippen molar-refractivity contribution >= 4 is 12.0 Å². The summed E-state index contributed by atoms with van der Waals surface area (Å²) in [4.78, 5) is 16.8. The van der Waals surface area contributed by atoms with Gasteiger partial charge in [-0.1, -0.05) is 0 Å². The van der Waals surface area contributed by atoms with Crippen molar-refractivity contribution in [2.24, 2.45) is 7.05 Å². The smallest absolute Gasteiger partial charge is 0.246 e. The Kier molecular flexibility index (Phi) is 5.56. The van der Waals surface area contributed by atoms with Gasteiger partial charge >= 0.3 is 0 Å². The zero-order chi connectivity index (χ0) is 18.7. The molecule has 0 bridgehead atoms. The molecule has 0 spiro atoms. The van der Waals surface area contributed by atoms with Crippen LogP contribution in [-0.2, 0) is 24.9 Å². The number of hydrogen-bond donors (Lipinski definition) is 0. The first-order valence-corrected chi connectivity index (χ1v) is 9.18. The molecule has 1 aliphatic rings. The van der Waals surface area contributed by atoms with Gasteiger partial charge in [0.15, 0.2) is 0 Å². The highest BCUT2D eigenvalue weighted by atomic mass is 16.2. The van der Waals surface area contributed by atoms with Gasteiger partial charge in [0.05, 0.1) is 11.9 Å². The normalized spacial score (nSPS) is 15.9. The molecule has 1 aliphatic heterocycles. The summed E-state index contributed by atoms with van der Waals surface area (Å²) in [6, 6.07) is 0. The third kappa shape index (κ3) is 4.04. The minimum atomic E-state index is 0.0749. The Hall–Kier alpha value is -2.41. The van der Waals surface area contributed by atoms with E-state index in [2.05, 4.69) is 28.2 Å². The van der Waals surface area contributed by atoms with Crippen LogP contribution in [0.15, 0.2) is 18.5 Å². The molecule has 0 unspecified atom stereocenters. The van der Waals surface area contributed by atoms with E-state index in [1.807, 2.05) is 47.4 Å². The van der Waals surface area contributed by atoms with Crippen molar-refractivity contribution in [3.63, 3.8) is 0 Å². The van der Waals surface area contributed by atoms with Gasteiger partial charge in [0.2, 0.25) is 5.91 Å². The summed E-state index contributed by atoms with van der Waals surface area (Å²) in [5, 5.41) is 8.71. The van der Waals surface area contributed by atoms with Crippen LogP contribution in [0.5, 0.6) is 0 Å². The van der Waals surface area contributed by atoms with Crippen LogP contribution in [0, 0.1) is 13.8 Å². The maximum absolute atomic E-state index is 12.5. The molecule has 2 aromatic rings. The van der Waals surface area contributed by atoms with Gasteiger partial charge in [-0.3, -0.25) is 19.1 Å². The first kappa shape index (κ1) is 18.4. The summed E-state index contributed by atoms with van der Waals surface area (Å²) in [5.41, 5.74) is 4.44. The van der Waals surface area contributed by atoms with Crippen molar-refractivity contribution in [2.45, 2.75) is 33.9 Å². The van der Waals surface area contributed by atoms with Gasteiger partial charge in [0.25, 0.3) is 0 Å². The van der Waals surface area contributed by atoms with E-state index >= 15 is 0 Å². The molecule has 140 valence electrons. The van der Waals surface area contributed by atoms with Gasteiger partial charge < -0.3 is 4.90 Å². The van der Waals surface area contributed by atoms with Crippen LogP contribution in [0.4, 0.5) is 0 Å². The number of rotatable bonds is 5. The van der Waals surface area contributed by atoms with Gasteiger partial charge in [-0.25, -0.2) is 0 Å². The molecular weight excluding hydrogens is 328 g/mol. The highest BCUT2D eigenvalue weighted by Gasteiger charge is 2.20. The standard InChI is InChI=1S/C19H28N6O/c1-5-25-16(3)17(12-20-25)6-7-19(26)24-10-8-23(9-11-24)14-18-13-22(4)21-15(18)2/h6-7,12-13H,5,8-11,14H2,1-4H3/b7-6+. The Labute approximate surface area is 154 Å². The molecule has 0 saturated carbocycles. The fraction of sp³-hybridized carbons (Fsp3) is 0.526. The third-order valence-electron chi connectivity index (χ3n) is 5.04. The second kappa shape index (κ2) is 7.86. The predicted molar refractivity (Wildman–Crippen MR) is 101 cm³/mol. The summed E-state index contributed by atoms with van der Waals surface area (Å²) in [6.07, 6.45) is 7.44. The van der Waals surface area contributed by atoms with Crippen LogP contribution in [0.1, 0.15) is 29.4 Å². The lowest BCUT2D eigenvalue weighted by molar-refractivity contribution is -0.127. The van der Waals surface area contributed by atoms with Crippen LogP contribution < -0.4 is 0 Å². The lowest BCUT2D eigenvalue weighted by Gasteiger charge is -2.34. The molecule has 2 aromatic heterocycles. The van der Waals surface area contributed by atoms with Gasteiger partial charge in [-0.15, -0.1) is 0 Å². The van der Waals surface area contributed by atoms with Crippen molar-refractivity contribution in [2.75, 3.05) is 26.2 Å². The zero-order valence-electron chi connectivity index (χ0n) is 16.1. The highest BCUT2D eigenvalue weighted by molar-refractivity contribution is 5.92. The van der Waals surface area contributed by atoms with Crippen LogP contribution in [0.3, 0.4) is 0 Å². The number of hydrogen-bond acceptors (Lipinski definition) is 4. The maximum Gasteiger partial charge on any atom is 0.246 e. The van der Waals surface area contributed by atoms with E-state index in [0.29, 0.717) is 0 Å². The monoisotopic (exact) mass is 356 g/mol. The Morgan fingerprint density at radius 1 is 1.23 bits per heavy atom. The average molecular weight is 356 g/mol. The molecule has 0 N–H and O–H groups in total. The molecule has 7 nitrogen and oxygen atoms in total. The largest absolute Gasteiger partial charge is 0.337 e.